The number of hydrogen-bond donors (Lipinski definition) is 0. The number of benzene rings is 1. The fourth-order valence-corrected chi connectivity index (χ4v) is 2.68. The summed E-state index contributed by atoms with van der Waals surface area (Å²) >= 11 is 1.83. The highest BCUT2D eigenvalue weighted by molar-refractivity contribution is 7.99. The first-order valence-corrected chi connectivity index (χ1v) is 6.27. The predicted molar refractivity (Wildman–Crippen MR) is 66.0 cm³/mol. The fourth-order valence-electron chi connectivity index (χ4n) is 1.64. The molecular weight excluding hydrogens is 204 g/mol. The monoisotopic (exact) mass is 220 g/mol. The van der Waals surface area contributed by atoms with Crippen LogP contribution in [0.15, 0.2) is 35.7 Å². The molecule has 1 aromatic rings. The molecule has 1 heterocycles. The van der Waals surface area contributed by atoms with E-state index in [0.717, 1.165) is 6.61 Å². The smallest absolute Gasteiger partial charge is 0.107 e. The van der Waals surface area contributed by atoms with Gasteiger partial charge < -0.3 is 4.74 Å². The van der Waals surface area contributed by atoms with Gasteiger partial charge in [-0.15, -0.1) is 0 Å². The summed E-state index contributed by atoms with van der Waals surface area (Å²) in [6.07, 6.45) is 5.55. The second-order valence-corrected chi connectivity index (χ2v) is 4.92. The summed E-state index contributed by atoms with van der Waals surface area (Å²) in [6, 6.07) is 8.47. The molecule has 0 N–H and O–H groups in total. The molecule has 0 amide bonds. The van der Waals surface area contributed by atoms with E-state index in [4.69, 9.17) is 4.74 Å². The second kappa shape index (κ2) is 5.38. The number of ether oxygens (including phenoxy) is 1. The molecule has 1 saturated heterocycles. The van der Waals surface area contributed by atoms with Crippen LogP contribution in [0.4, 0.5) is 0 Å². The van der Waals surface area contributed by atoms with Crippen molar-refractivity contribution in [3.8, 4) is 0 Å². The Kier molecular flexibility index (Phi) is 3.87. The van der Waals surface area contributed by atoms with Crippen LogP contribution >= 0.6 is 11.8 Å². The van der Waals surface area contributed by atoms with Crippen LogP contribution in [0.2, 0.25) is 0 Å². The van der Waals surface area contributed by atoms with Gasteiger partial charge in [0.2, 0.25) is 0 Å². The number of thioether (sulfide) groups is 1. The van der Waals surface area contributed by atoms with Gasteiger partial charge >= 0.3 is 0 Å². The van der Waals surface area contributed by atoms with Crippen molar-refractivity contribution in [2.45, 2.75) is 29.6 Å². The summed E-state index contributed by atoms with van der Waals surface area (Å²) < 4.78 is 5.68. The van der Waals surface area contributed by atoms with Crippen molar-refractivity contribution < 1.29 is 4.74 Å². The Bertz CT molecular complexity index is 312. The minimum Gasteiger partial charge on any atom is -0.367 e. The maximum absolute atomic E-state index is 5.68. The molecule has 1 unspecified atom stereocenters. The Morgan fingerprint density at radius 3 is 2.67 bits per heavy atom. The van der Waals surface area contributed by atoms with Gasteiger partial charge in [0.1, 0.15) is 5.44 Å². The number of hydrogen-bond acceptors (Lipinski definition) is 2. The van der Waals surface area contributed by atoms with E-state index in [1.54, 1.807) is 0 Å². The summed E-state index contributed by atoms with van der Waals surface area (Å²) in [7, 11) is 0. The molecule has 2 rings (SSSR count). The van der Waals surface area contributed by atoms with E-state index >= 15 is 0 Å². The van der Waals surface area contributed by atoms with Crippen molar-refractivity contribution in [2.24, 2.45) is 0 Å². The van der Waals surface area contributed by atoms with E-state index in [9.17, 15) is 0 Å². The highest BCUT2D eigenvalue weighted by Crippen LogP contribution is 2.30. The summed E-state index contributed by atoms with van der Waals surface area (Å²) in [5.74, 6) is 0. The zero-order chi connectivity index (χ0) is 10.5. The minimum atomic E-state index is 0.355. The third kappa shape index (κ3) is 3.11. The van der Waals surface area contributed by atoms with Gasteiger partial charge in [0, 0.05) is 11.5 Å². The lowest BCUT2D eigenvalue weighted by atomic mass is 10.2. The van der Waals surface area contributed by atoms with Crippen LogP contribution in [0.5, 0.6) is 0 Å². The quantitative estimate of drug-likeness (QED) is 0.763. The first-order valence-electron chi connectivity index (χ1n) is 5.39. The third-order valence-corrected chi connectivity index (χ3v) is 3.70. The molecule has 2 heteroatoms. The van der Waals surface area contributed by atoms with Crippen LogP contribution in [0.25, 0.3) is 6.08 Å². The molecule has 1 aromatic carbocycles. The van der Waals surface area contributed by atoms with Gasteiger partial charge in [-0.3, -0.25) is 0 Å². The average Bonchev–Trinajstić information content (AvgIpc) is 2.31. The molecule has 1 atom stereocenters. The summed E-state index contributed by atoms with van der Waals surface area (Å²) in [6.45, 7) is 4.66. The zero-order valence-corrected chi connectivity index (χ0v) is 9.63. The van der Waals surface area contributed by atoms with Crippen molar-refractivity contribution >= 4 is 17.8 Å². The molecule has 1 aliphatic heterocycles. The van der Waals surface area contributed by atoms with Gasteiger partial charge in [-0.25, -0.2) is 0 Å². The third-order valence-electron chi connectivity index (χ3n) is 2.52. The summed E-state index contributed by atoms with van der Waals surface area (Å²) in [4.78, 5) is 1.28. The topological polar surface area (TPSA) is 9.23 Å². The molecule has 0 bridgehead atoms. The molecule has 0 spiro atoms. The molecular formula is C13H16OS. The summed E-state index contributed by atoms with van der Waals surface area (Å²) in [5.41, 5.74) is 1.53. The van der Waals surface area contributed by atoms with Crippen LogP contribution in [-0.4, -0.2) is 12.0 Å². The van der Waals surface area contributed by atoms with Crippen LogP contribution in [0.1, 0.15) is 24.8 Å². The molecule has 0 aromatic heterocycles. The van der Waals surface area contributed by atoms with E-state index in [-0.39, 0.29) is 0 Å². The van der Waals surface area contributed by atoms with Crippen LogP contribution < -0.4 is 0 Å². The van der Waals surface area contributed by atoms with Crippen LogP contribution in [0, 0.1) is 0 Å². The van der Waals surface area contributed by atoms with E-state index in [1.807, 2.05) is 17.8 Å². The average molecular weight is 220 g/mol. The molecule has 0 saturated carbocycles. The lowest BCUT2D eigenvalue weighted by Gasteiger charge is -2.21. The van der Waals surface area contributed by atoms with Gasteiger partial charge in [-0.05, 0) is 37.0 Å². The zero-order valence-electron chi connectivity index (χ0n) is 8.82. The maximum Gasteiger partial charge on any atom is 0.107 e. The lowest BCUT2D eigenvalue weighted by molar-refractivity contribution is 0.0728. The fraction of sp³-hybridized carbons (Fsp3) is 0.385. The Hall–Kier alpha value is -0.730. The Balaban J connectivity index is 1.94. The minimum absolute atomic E-state index is 0.355. The van der Waals surface area contributed by atoms with Gasteiger partial charge in [0.25, 0.3) is 0 Å². The van der Waals surface area contributed by atoms with Gasteiger partial charge in [-0.1, -0.05) is 36.5 Å². The molecule has 0 aliphatic carbocycles. The standard InChI is InChI=1S/C13H16OS/c1-2-11-6-8-12(9-7-11)15-13-5-3-4-10-14-13/h2,6-9,13H,1,3-5,10H2. The van der Waals surface area contributed by atoms with Gasteiger partial charge in [0.15, 0.2) is 0 Å². The second-order valence-electron chi connectivity index (χ2n) is 3.69. The van der Waals surface area contributed by atoms with Crippen molar-refractivity contribution in [1.29, 1.82) is 0 Å². The molecule has 1 fully saturated rings. The SMILES string of the molecule is C=Cc1ccc(SC2CCCCO2)cc1. The molecule has 0 radical (unpaired) electrons. The van der Waals surface area contributed by atoms with E-state index < -0.39 is 0 Å². The molecule has 80 valence electrons. The lowest BCUT2D eigenvalue weighted by Crippen LogP contribution is -2.14. The highest BCUT2D eigenvalue weighted by Gasteiger charge is 2.14. The first-order chi connectivity index (χ1) is 7.38. The van der Waals surface area contributed by atoms with Crippen LogP contribution in [-0.2, 0) is 4.74 Å². The van der Waals surface area contributed by atoms with E-state index in [1.165, 1.54) is 29.7 Å². The Labute approximate surface area is 95.5 Å². The van der Waals surface area contributed by atoms with Gasteiger partial charge in [-0.2, -0.15) is 0 Å². The highest BCUT2D eigenvalue weighted by atomic mass is 32.2. The van der Waals surface area contributed by atoms with Crippen molar-refractivity contribution in [2.75, 3.05) is 6.61 Å². The van der Waals surface area contributed by atoms with E-state index in [2.05, 4.69) is 30.8 Å². The van der Waals surface area contributed by atoms with Crippen molar-refractivity contribution in [1.82, 2.24) is 0 Å². The normalized spacial score (nSPS) is 21.2. The Morgan fingerprint density at radius 1 is 1.27 bits per heavy atom. The number of rotatable bonds is 3. The van der Waals surface area contributed by atoms with E-state index in [0.29, 0.717) is 5.44 Å². The largest absolute Gasteiger partial charge is 0.367 e. The predicted octanol–water partition coefficient (Wildman–Crippen LogP) is 3.95. The van der Waals surface area contributed by atoms with Crippen LogP contribution in [0.3, 0.4) is 0 Å². The van der Waals surface area contributed by atoms with Crippen molar-refractivity contribution in [3.05, 3.63) is 36.4 Å². The maximum atomic E-state index is 5.68. The summed E-state index contributed by atoms with van der Waals surface area (Å²) in [5, 5.41) is 0. The molecule has 15 heavy (non-hydrogen) atoms. The van der Waals surface area contributed by atoms with Gasteiger partial charge in [0.05, 0.1) is 0 Å². The Morgan fingerprint density at radius 2 is 2.07 bits per heavy atom. The molecule has 1 nitrogen and oxygen atoms in total. The molecule has 1 aliphatic rings. The van der Waals surface area contributed by atoms with Crippen molar-refractivity contribution in [3.63, 3.8) is 0 Å². The first kappa shape index (κ1) is 10.8.